The van der Waals surface area contributed by atoms with E-state index in [9.17, 15) is 9.59 Å². The number of aryl methyl sites for hydroxylation is 2. The molecule has 4 rings (SSSR count). The van der Waals surface area contributed by atoms with Crippen LogP contribution >= 0.6 is 0 Å². The van der Waals surface area contributed by atoms with Crippen molar-refractivity contribution < 1.29 is 23.4 Å². The van der Waals surface area contributed by atoms with Crippen LogP contribution in [0.2, 0.25) is 0 Å². The number of hydrogen-bond donors (Lipinski definition) is 0. The maximum absolute atomic E-state index is 12.4. The number of para-hydroxylation sites is 2. The summed E-state index contributed by atoms with van der Waals surface area (Å²) in [7, 11) is 0. The van der Waals surface area contributed by atoms with Crippen molar-refractivity contribution in [1.29, 1.82) is 0 Å². The van der Waals surface area contributed by atoms with E-state index >= 15 is 0 Å². The van der Waals surface area contributed by atoms with Crippen molar-refractivity contribution in [2.24, 2.45) is 0 Å². The molecule has 0 radical (unpaired) electrons. The number of esters is 1. The van der Waals surface area contributed by atoms with E-state index in [0.717, 1.165) is 16.5 Å². The Morgan fingerprint density at radius 2 is 1.85 bits per heavy atom. The summed E-state index contributed by atoms with van der Waals surface area (Å²) >= 11 is 0. The Labute approximate surface area is 155 Å². The van der Waals surface area contributed by atoms with E-state index in [1.165, 1.54) is 6.07 Å². The molecule has 6 heteroatoms. The summed E-state index contributed by atoms with van der Waals surface area (Å²) in [5.41, 5.74) is 2.66. The van der Waals surface area contributed by atoms with Gasteiger partial charge in [-0.25, -0.2) is 9.59 Å². The van der Waals surface area contributed by atoms with Gasteiger partial charge in [-0.1, -0.05) is 12.1 Å². The van der Waals surface area contributed by atoms with Crippen LogP contribution in [-0.4, -0.2) is 18.7 Å². The Morgan fingerprint density at radius 3 is 2.67 bits per heavy atom. The first-order chi connectivity index (χ1) is 13.0. The van der Waals surface area contributed by atoms with Crippen LogP contribution in [0.5, 0.6) is 11.5 Å². The molecule has 0 saturated heterocycles. The third kappa shape index (κ3) is 3.38. The summed E-state index contributed by atoms with van der Waals surface area (Å²) in [6, 6.07) is 12.2. The first-order valence-electron chi connectivity index (χ1n) is 8.60. The monoisotopic (exact) mass is 366 g/mol. The van der Waals surface area contributed by atoms with Crippen LogP contribution in [-0.2, 0) is 16.1 Å². The van der Waals surface area contributed by atoms with Crippen LogP contribution in [0.3, 0.4) is 0 Å². The minimum Gasteiger partial charge on any atom is -0.485 e. The molecule has 0 amide bonds. The van der Waals surface area contributed by atoms with Gasteiger partial charge in [0.05, 0.1) is 0 Å². The van der Waals surface area contributed by atoms with Crippen LogP contribution < -0.4 is 15.1 Å². The Balaban J connectivity index is 1.53. The summed E-state index contributed by atoms with van der Waals surface area (Å²) in [6.07, 6.45) is -0.852. The summed E-state index contributed by atoms with van der Waals surface area (Å²) in [4.78, 5) is 24.2. The van der Waals surface area contributed by atoms with Gasteiger partial charge in [0.1, 0.15) is 18.8 Å². The van der Waals surface area contributed by atoms with Gasteiger partial charge in [0.15, 0.2) is 11.5 Å². The Kier molecular flexibility index (Phi) is 4.32. The molecule has 0 fully saturated rings. The summed E-state index contributed by atoms with van der Waals surface area (Å²) in [5, 5.41) is 0.747. The van der Waals surface area contributed by atoms with Gasteiger partial charge in [0, 0.05) is 17.0 Å². The number of rotatable bonds is 3. The quantitative estimate of drug-likeness (QED) is 0.523. The zero-order chi connectivity index (χ0) is 19.0. The van der Waals surface area contributed by atoms with E-state index in [-0.39, 0.29) is 13.2 Å². The Bertz CT molecular complexity index is 1080. The van der Waals surface area contributed by atoms with Crippen molar-refractivity contribution in [3.63, 3.8) is 0 Å². The second kappa shape index (κ2) is 6.79. The van der Waals surface area contributed by atoms with Gasteiger partial charge >= 0.3 is 11.6 Å². The third-order valence-electron chi connectivity index (χ3n) is 4.59. The minimum atomic E-state index is -0.852. The molecule has 0 bridgehead atoms. The lowest BCUT2D eigenvalue weighted by Crippen LogP contribution is -2.37. The molecular formula is C21H18O6. The Hall–Kier alpha value is -3.28. The molecule has 0 aliphatic carbocycles. The number of hydrogen-bond acceptors (Lipinski definition) is 6. The predicted molar refractivity (Wildman–Crippen MR) is 98.1 cm³/mol. The van der Waals surface area contributed by atoms with Crippen molar-refractivity contribution in [1.82, 2.24) is 0 Å². The minimum absolute atomic E-state index is 0.0507. The van der Waals surface area contributed by atoms with Crippen molar-refractivity contribution in [2.45, 2.75) is 26.6 Å². The van der Waals surface area contributed by atoms with Crippen molar-refractivity contribution in [2.75, 3.05) is 6.61 Å². The third-order valence-corrected chi connectivity index (χ3v) is 4.59. The van der Waals surface area contributed by atoms with Gasteiger partial charge < -0.3 is 18.6 Å². The fraction of sp³-hybridized carbons (Fsp3) is 0.238. The van der Waals surface area contributed by atoms with Gasteiger partial charge in [-0.15, -0.1) is 0 Å². The lowest BCUT2D eigenvalue weighted by atomic mass is 10.0. The van der Waals surface area contributed by atoms with Gasteiger partial charge in [0.25, 0.3) is 0 Å². The molecule has 0 unspecified atom stereocenters. The van der Waals surface area contributed by atoms with E-state index < -0.39 is 17.7 Å². The van der Waals surface area contributed by atoms with Crippen molar-refractivity contribution in [3.05, 3.63) is 69.6 Å². The second-order valence-corrected chi connectivity index (χ2v) is 6.50. The highest BCUT2D eigenvalue weighted by Gasteiger charge is 2.28. The molecule has 2 aromatic carbocycles. The van der Waals surface area contributed by atoms with E-state index in [1.807, 2.05) is 32.0 Å². The molecule has 0 saturated carbocycles. The highest BCUT2D eigenvalue weighted by atomic mass is 16.6. The summed E-state index contributed by atoms with van der Waals surface area (Å²) in [6.45, 7) is 3.94. The fourth-order valence-electron chi connectivity index (χ4n) is 2.98. The maximum Gasteiger partial charge on any atom is 0.351 e. The molecule has 1 aromatic heterocycles. The molecule has 3 aromatic rings. The van der Waals surface area contributed by atoms with Gasteiger partial charge in [-0.05, 0) is 49.2 Å². The summed E-state index contributed by atoms with van der Waals surface area (Å²) in [5.74, 6) is 0.552. The number of ether oxygens (including phenoxy) is 3. The SMILES string of the molecule is Cc1cc2oc(=O)cc(COC(=O)[C@H]3COc4ccccc4O3)c2cc1C. The average molecular weight is 366 g/mol. The fourth-order valence-corrected chi connectivity index (χ4v) is 2.98. The molecule has 1 aliphatic rings. The van der Waals surface area contributed by atoms with Crippen LogP contribution in [0.1, 0.15) is 16.7 Å². The van der Waals surface area contributed by atoms with Crippen LogP contribution in [0.25, 0.3) is 11.0 Å². The normalized spacial score (nSPS) is 15.6. The molecular weight excluding hydrogens is 348 g/mol. The first-order valence-corrected chi connectivity index (χ1v) is 8.60. The molecule has 138 valence electrons. The standard InChI is InChI=1S/C21H18O6/c1-12-7-15-14(9-20(22)27-18(15)8-13(12)2)10-25-21(23)19-11-24-16-5-3-4-6-17(16)26-19/h3-9,19H,10-11H2,1-2H3/t19-/m1/s1. The topological polar surface area (TPSA) is 75.0 Å². The van der Waals surface area contributed by atoms with Crippen LogP contribution in [0.15, 0.2) is 51.7 Å². The predicted octanol–water partition coefficient (Wildman–Crippen LogP) is 3.29. The second-order valence-electron chi connectivity index (χ2n) is 6.50. The number of fused-ring (bicyclic) bond motifs is 2. The molecule has 27 heavy (non-hydrogen) atoms. The average Bonchev–Trinajstić information content (AvgIpc) is 2.67. The molecule has 0 N–H and O–H groups in total. The van der Waals surface area contributed by atoms with E-state index in [0.29, 0.717) is 22.6 Å². The number of carbonyl (C=O) groups excluding carboxylic acids is 1. The molecule has 2 heterocycles. The number of benzene rings is 2. The molecule has 1 atom stereocenters. The smallest absolute Gasteiger partial charge is 0.351 e. The number of carbonyl (C=O) groups is 1. The van der Waals surface area contributed by atoms with E-state index in [1.54, 1.807) is 18.2 Å². The van der Waals surface area contributed by atoms with E-state index in [2.05, 4.69) is 0 Å². The van der Waals surface area contributed by atoms with Gasteiger partial charge in [0.2, 0.25) is 6.10 Å². The lowest BCUT2D eigenvalue weighted by molar-refractivity contribution is -0.155. The largest absolute Gasteiger partial charge is 0.485 e. The highest BCUT2D eigenvalue weighted by Crippen LogP contribution is 2.31. The lowest BCUT2D eigenvalue weighted by Gasteiger charge is -2.25. The molecule has 0 spiro atoms. The van der Waals surface area contributed by atoms with Crippen molar-refractivity contribution >= 4 is 16.9 Å². The zero-order valence-electron chi connectivity index (χ0n) is 15.0. The Morgan fingerprint density at radius 1 is 1.11 bits per heavy atom. The van der Waals surface area contributed by atoms with E-state index in [4.69, 9.17) is 18.6 Å². The highest BCUT2D eigenvalue weighted by molar-refractivity contribution is 5.82. The molecule has 1 aliphatic heterocycles. The van der Waals surface area contributed by atoms with Crippen molar-refractivity contribution in [3.8, 4) is 11.5 Å². The zero-order valence-corrected chi connectivity index (χ0v) is 15.0. The van der Waals surface area contributed by atoms with Crippen LogP contribution in [0, 0.1) is 13.8 Å². The maximum atomic E-state index is 12.4. The first kappa shape index (κ1) is 17.1. The van der Waals surface area contributed by atoms with Gasteiger partial charge in [-0.2, -0.15) is 0 Å². The summed E-state index contributed by atoms with van der Waals surface area (Å²) < 4.78 is 21.8. The van der Waals surface area contributed by atoms with Gasteiger partial charge in [-0.3, -0.25) is 0 Å². The molecule has 6 nitrogen and oxygen atoms in total. The van der Waals surface area contributed by atoms with Crippen LogP contribution in [0.4, 0.5) is 0 Å².